The van der Waals surface area contributed by atoms with E-state index in [9.17, 15) is 0 Å². The van der Waals surface area contributed by atoms with Crippen LogP contribution < -0.4 is 10.6 Å². The Morgan fingerprint density at radius 1 is 1.15 bits per heavy atom. The summed E-state index contributed by atoms with van der Waals surface area (Å²) in [6, 6.07) is 2.69. The minimum absolute atomic E-state index is 0.465. The van der Waals surface area contributed by atoms with Gasteiger partial charge < -0.3 is 10.6 Å². The van der Waals surface area contributed by atoms with Crippen LogP contribution >= 0.6 is 11.3 Å². The second kappa shape index (κ2) is 6.88. The molecule has 2 N–H and O–H groups in total. The zero-order valence-electron chi connectivity index (χ0n) is 12.8. The van der Waals surface area contributed by atoms with Gasteiger partial charge in [-0.15, -0.1) is 11.3 Å². The van der Waals surface area contributed by atoms with Crippen LogP contribution in [0.1, 0.15) is 45.4 Å². The lowest BCUT2D eigenvalue weighted by Crippen LogP contribution is -2.18. The Bertz CT molecular complexity index is 560. The summed E-state index contributed by atoms with van der Waals surface area (Å²) in [6.45, 7) is 9.48. The number of anilines is 2. The van der Waals surface area contributed by atoms with Crippen LogP contribution in [-0.4, -0.2) is 22.6 Å². The molecule has 0 unspecified atom stereocenters. The van der Waals surface area contributed by atoms with Gasteiger partial charge in [-0.1, -0.05) is 20.8 Å². The van der Waals surface area contributed by atoms with Gasteiger partial charge in [-0.25, -0.2) is 4.98 Å². The summed E-state index contributed by atoms with van der Waals surface area (Å²) in [5.41, 5.74) is 0. The van der Waals surface area contributed by atoms with E-state index in [2.05, 4.69) is 54.4 Å². The highest BCUT2D eigenvalue weighted by molar-refractivity contribution is 7.18. The summed E-state index contributed by atoms with van der Waals surface area (Å²) in [6.07, 6.45) is 3.24. The first-order valence-corrected chi connectivity index (χ1v) is 8.34. The maximum absolute atomic E-state index is 4.65. The molecule has 0 bridgehead atoms. The van der Waals surface area contributed by atoms with Gasteiger partial charge in [-0.3, -0.25) is 0 Å². The molecule has 2 rings (SSSR count). The van der Waals surface area contributed by atoms with Gasteiger partial charge in [0.2, 0.25) is 5.95 Å². The summed E-state index contributed by atoms with van der Waals surface area (Å²) in [5.74, 6) is 1.69. The summed E-state index contributed by atoms with van der Waals surface area (Å²) >= 11 is 1.76. The smallest absolute Gasteiger partial charge is 0.226 e. The molecule has 20 heavy (non-hydrogen) atoms. The molecular formula is C15H24N4S. The highest BCUT2D eigenvalue weighted by Crippen LogP contribution is 2.31. The molecule has 2 aromatic rings. The van der Waals surface area contributed by atoms with E-state index in [-0.39, 0.29) is 0 Å². The first-order valence-electron chi connectivity index (χ1n) is 7.52. The lowest BCUT2D eigenvalue weighted by atomic mass is 10.1. The Balaban J connectivity index is 2.44. The minimum Gasteiger partial charge on any atom is -0.367 e. The van der Waals surface area contributed by atoms with Crippen LogP contribution in [0.5, 0.6) is 0 Å². The van der Waals surface area contributed by atoms with Crippen molar-refractivity contribution in [1.29, 1.82) is 0 Å². The van der Waals surface area contributed by atoms with E-state index in [0.29, 0.717) is 6.04 Å². The molecule has 0 saturated heterocycles. The molecule has 5 heteroatoms. The topological polar surface area (TPSA) is 49.8 Å². The Hall–Kier alpha value is -1.36. The SMILES string of the molecule is CCNc1nc(NC(CC)CC)c2cc(CC)sc2n1. The third-order valence-corrected chi connectivity index (χ3v) is 4.63. The van der Waals surface area contributed by atoms with Crippen LogP contribution in [0.15, 0.2) is 6.07 Å². The van der Waals surface area contributed by atoms with Gasteiger partial charge in [-0.2, -0.15) is 4.98 Å². The molecular weight excluding hydrogens is 268 g/mol. The highest BCUT2D eigenvalue weighted by atomic mass is 32.1. The van der Waals surface area contributed by atoms with Crippen molar-refractivity contribution in [2.45, 2.75) is 53.0 Å². The molecule has 0 atom stereocenters. The van der Waals surface area contributed by atoms with Crippen molar-refractivity contribution < 1.29 is 0 Å². The largest absolute Gasteiger partial charge is 0.367 e. The molecule has 0 aliphatic heterocycles. The second-order valence-corrected chi connectivity index (χ2v) is 5.98. The molecule has 2 aromatic heterocycles. The van der Waals surface area contributed by atoms with Crippen molar-refractivity contribution in [1.82, 2.24) is 9.97 Å². The first-order chi connectivity index (χ1) is 9.71. The number of hydrogen-bond acceptors (Lipinski definition) is 5. The predicted molar refractivity (Wildman–Crippen MR) is 88.9 cm³/mol. The van der Waals surface area contributed by atoms with Gasteiger partial charge in [0.15, 0.2) is 0 Å². The molecule has 2 heterocycles. The van der Waals surface area contributed by atoms with Crippen LogP contribution in [0.2, 0.25) is 0 Å². The average molecular weight is 292 g/mol. The molecule has 0 radical (unpaired) electrons. The van der Waals surface area contributed by atoms with E-state index in [0.717, 1.165) is 47.8 Å². The van der Waals surface area contributed by atoms with Crippen LogP contribution in [0.3, 0.4) is 0 Å². The third-order valence-electron chi connectivity index (χ3n) is 3.45. The summed E-state index contributed by atoms with van der Waals surface area (Å²) in [4.78, 5) is 11.7. The van der Waals surface area contributed by atoms with Crippen molar-refractivity contribution in [2.24, 2.45) is 0 Å². The summed E-state index contributed by atoms with van der Waals surface area (Å²) in [7, 11) is 0. The Kier molecular flexibility index (Phi) is 5.17. The number of nitrogens with one attached hydrogen (secondary N) is 2. The molecule has 0 spiro atoms. The monoisotopic (exact) mass is 292 g/mol. The number of rotatable bonds is 7. The van der Waals surface area contributed by atoms with Crippen LogP contribution in [0, 0.1) is 0 Å². The van der Waals surface area contributed by atoms with E-state index >= 15 is 0 Å². The fourth-order valence-corrected chi connectivity index (χ4v) is 3.15. The Labute approximate surface area is 125 Å². The van der Waals surface area contributed by atoms with Crippen molar-refractivity contribution in [3.05, 3.63) is 10.9 Å². The average Bonchev–Trinajstić information content (AvgIpc) is 2.88. The van der Waals surface area contributed by atoms with E-state index in [1.807, 2.05) is 0 Å². The third kappa shape index (κ3) is 3.20. The summed E-state index contributed by atoms with van der Waals surface area (Å²) in [5, 5.41) is 7.95. The molecule has 0 saturated carbocycles. The maximum atomic E-state index is 4.65. The van der Waals surface area contributed by atoms with Crippen LogP contribution in [0.4, 0.5) is 11.8 Å². The minimum atomic E-state index is 0.465. The highest BCUT2D eigenvalue weighted by Gasteiger charge is 2.13. The number of aryl methyl sites for hydroxylation is 1. The van der Waals surface area contributed by atoms with Gasteiger partial charge in [0.1, 0.15) is 10.6 Å². The first kappa shape index (κ1) is 15.0. The maximum Gasteiger partial charge on any atom is 0.226 e. The fourth-order valence-electron chi connectivity index (χ4n) is 2.18. The standard InChI is InChI=1S/C15H24N4S/c1-5-10(6-2)17-13-12-9-11(7-3)20-14(12)19-15(18-13)16-8-4/h9-10H,5-8H2,1-4H3,(H2,16,17,18,19). The molecule has 0 aliphatic carbocycles. The molecule has 0 amide bonds. The van der Waals surface area contributed by atoms with E-state index in [1.54, 1.807) is 11.3 Å². The fraction of sp³-hybridized carbons (Fsp3) is 0.600. The number of aromatic nitrogens is 2. The van der Waals surface area contributed by atoms with Gasteiger partial charge >= 0.3 is 0 Å². The predicted octanol–water partition coefficient (Wildman–Crippen LogP) is 4.29. The molecule has 0 fully saturated rings. The molecule has 4 nitrogen and oxygen atoms in total. The quantitative estimate of drug-likeness (QED) is 0.799. The van der Waals surface area contributed by atoms with E-state index in [1.165, 1.54) is 4.88 Å². The zero-order valence-corrected chi connectivity index (χ0v) is 13.6. The molecule has 110 valence electrons. The Morgan fingerprint density at radius 2 is 1.90 bits per heavy atom. The van der Waals surface area contributed by atoms with Crippen molar-refractivity contribution in [2.75, 3.05) is 17.2 Å². The molecule has 0 aromatic carbocycles. The number of nitrogens with zero attached hydrogens (tertiary/aromatic N) is 2. The van der Waals surface area contributed by atoms with Gasteiger partial charge in [0.05, 0.1) is 5.39 Å². The van der Waals surface area contributed by atoms with Gasteiger partial charge in [-0.05, 0) is 32.3 Å². The Morgan fingerprint density at radius 3 is 2.50 bits per heavy atom. The lowest BCUT2D eigenvalue weighted by molar-refractivity contribution is 0.669. The van der Waals surface area contributed by atoms with Crippen LogP contribution in [0.25, 0.3) is 10.2 Å². The van der Waals surface area contributed by atoms with Crippen molar-refractivity contribution >= 4 is 33.3 Å². The van der Waals surface area contributed by atoms with E-state index in [4.69, 9.17) is 0 Å². The van der Waals surface area contributed by atoms with Gasteiger partial charge in [0.25, 0.3) is 0 Å². The van der Waals surface area contributed by atoms with Crippen LogP contribution in [-0.2, 0) is 6.42 Å². The number of fused-ring (bicyclic) bond motifs is 1. The normalized spacial score (nSPS) is 11.2. The summed E-state index contributed by atoms with van der Waals surface area (Å²) < 4.78 is 0. The number of thiophene rings is 1. The molecule has 0 aliphatic rings. The zero-order chi connectivity index (χ0) is 14.5. The number of hydrogen-bond donors (Lipinski definition) is 2. The van der Waals surface area contributed by atoms with E-state index < -0.39 is 0 Å². The lowest BCUT2D eigenvalue weighted by Gasteiger charge is -2.16. The second-order valence-electron chi connectivity index (χ2n) is 4.87. The van der Waals surface area contributed by atoms with Crippen molar-refractivity contribution in [3.8, 4) is 0 Å². The van der Waals surface area contributed by atoms with Crippen molar-refractivity contribution in [3.63, 3.8) is 0 Å². The van der Waals surface area contributed by atoms with Gasteiger partial charge in [0, 0.05) is 17.5 Å².